The number of hydrogen-bond acceptors (Lipinski definition) is 7. The number of methoxy groups -OCH3 is 2. The Balaban J connectivity index is 1.85. The highest BCUT2D eigenvalue weighted by atomic mass is 32.2. The average Bonchev–Trinajstić information content (AvgIpc) is 2.80. The number of nitrogens with one attached hydrogen (secondary N) is 1. The van der Waals surface area contributed by atoms with Gasteiger partial charge in [-0.25, -0.2) is 4.79 Å². The zero-order valence-electron chi connectivity index (χ0n) is 18.6. The Labute approximate surface area is 189 Å². The van der Waals surface area contributed by atoms with E-state index in [2.05, 4.69) is 10.2 Å². The Morgan fingerprint density at radius 2 is 1.71 bits per heavy atom. The third-order valence-corrected chi connectivity index (χ3v) is 6.19. The third kappa shape index (κ3) is 6.55. The van der Waals surface area contributed by atoms with E-state index in [1.54, 1.807) is 14.2 Å². The van der Waals surface area contributed by atoms with E-state index in [1.807, 2.05) is 61.2 Å². The molecule has 1 atom stereocenters. The fourth-order valence-electron chi connectivity index (χ4n) is 3.68. The molecule has 1 fully saturated rings. The van der Waals surface area contributed by atoms with Crippen molar-refractivity contribution in [3.05, 3.63) is 53.6 Å². The van der Waals surface area contributed by atoms with Gasteiger partial charge in [0.05, 0.1) is 20.8 Å². The van der Waals surface area contributed by atoms with Gasteiger partial charge in [-0.05, 0) is 30.2 Å². The van der Waals surface area contributed by atoms with Crippen molar-refractivity contribution in [3.63, 3.8) is 0 Å². The van der Waals surface area contributed by atoms with E-state index < -0.39 is 6.04 Å². The molecule has 2 aromatic carbocycles. The predicted octanol–water partition coefficient (Wildman–Crippen LogP) is 3.84. The van der Waals surface area contributed by atoms with Crippen LogP contribution in [-0.4, -0.2) is 62.3 Å². The Morgan fingerprint density at radius 3 is 2.29 bits per heavy atom. The Morgan fingerprint density at radius 1 is 1.06 bits per heavy atom. The highest BCUT2D eigenvalue weighted by Crippen LogP contribution is 2.37. The lowest BCUT2D eigenvalue weighted by atomic mass is 10.0. The van der Waals surface area contributed by atoms with Gasteiger partial charge in [-0.1, -0.05) is 30.3 Å². The maximum atomic E-state index is 12.7. The summed E-state index contributed by atoms with van der Waals surface area (Å²) in [6, 6.07) is 13.4. The van der Waals surface area contributed by atoms with Crippen LogP contribution in [0, 0.1) is 0 Å². The van der Waals surface area contributed by atoms with Crippen LogP contribution in [0.2, 0.25) is 0 Å². The van der Waals surface area contributed by atoms with E-state index in [1.165, 1.54) is 0 Å². The van der Waals surface area contributed by atoms with E-state index in [-0.39, 0.29) is 5.97 Å². The van der Waals surface area contributed by atoms with Crippen LogP contribution in [0.4, 0.5) is 5.69 Å². The molecule has 3 rings (SSSR count). The summed E-state index contributed by atoms with van der Waals surface area (Å²) < 4.78 is 16.7. The average molecular weight is 445 g/mol. The molecule has 6 nitrogen and oxygen atoms in total. The second-order valence-electron chi connectivity index (χ2n) is 7.40. The maximum absolute atomic E-state index is 12.7. The molecule has 1 aliphatic rings. The number of rotatable bonds is 10. The SMILES string of the molecule is CCOC(=O)[C@H](Cc1ccccc1)Nc1c(OC)cc(CN2CCSCC2)cc1OC. The molecule has 31 heavy (non-hydrogen) atoms. The quantitative estimate of drug-likeness (QED) is 0.559. The monoisotopic (exact) mass is 444 g/mol. The Kier molecular flexibility index (Phi) is 8.91. The van der Waals surface area contributed by atoms with Crippen molar-refractivity contribution in [2.24, 2.45) is 0 Å². The predicted molar refractivity (Wildman–Crippen MR) is 126 cm³/mol. The number of hydrogen-bond donors (Lipinski definition) is 1. The summed E-state index contributed by atoms with van der Waals surface area (Å²) in [6.07, 6.45) is 0.499. The number of esters is 1. The van der Waals surface area contributed by atoms with E-state index in [9.17, 15) is 4.79 Å². The molecule has 1 N–H and O–H groups in total. The first-order chi connectivity index (χ1) is 15.1. The molecule has 168 valence electrons. The summed E-state index contributed by atoms with van der Waals surface area (Å²) in [4.78, 5) is 15.1. The number of anilines is 1. The molecule has 1 aliphatic heterocycles. The van der Waals surface area contributed by atoms with Crippen molar-refractivity contribution in [3.8, 4) is 11.5 Å². The lowest BCUT2D eigenvalue weighted by Crippen LogP contribution is -2.34. The van der Waals surface area contributed by atoms with E-state index in [0.29, 0.717) is 30.2 Å². The second kappa shape index (κ2) is 11.9. The van der Waals surface area contributed by atoms with Gasteiger partial charge in [-0.15, -0.1) is 0 Å². The van der Waals surface area contributed by atoms with Crippen LogP contribution in [0.15, 0.2) is 42.5 Å². The third-order valence-electron chi connectivity index (χ3n) is 5.25. The Hall–Kier alpha value is -2.38. The van der Waals surface area contributed by atoms with Crippen LogP contribution in [0.1, 0.15) is 18.1 Å². The highest BCUT2D eigenvalue weighted by Gasteiger charge is 2.24. The maximum Gasteiger partial charge on any atom is 0.328 e. The van der Waals surface area contributed by atoms with Gasteiger partial charge in [0.15, 0.2) is 0 Å². The molecule has 7 heteroatoms. The zero-order chi connectivity index (χ0) is 22.1. The summed E-state index contributed by atoms with van der Waals surface area (Å²) >= 11 is 2.00. The lowest BCUT2D eigenvalue weighted by Gasteiger charge is -2.27. The van der Waals surface area contributed by atoms with Gasteiger partial charge < -0.3 is 19.5 Å². The van der Waals surface area contributed by atoms with Gasteiger partial charge in [-0.3, -0.25) is 4.90 Å². The zero-order valence-corrected chi connectivity index (χ0v) is 19.4. The molecule has 0 aromatic heterocycles. The van der Waals surface area contributed by atoms with E-state index in [0.717, 1.165) is 42.3 Å². The van der Waals surface area contributed by atoms with Crippen LogP contribution >= 0.6 is 11.8 Å². The molecule has 0 amide bonds. The smallest absolute Gasteiger partial charge is 0.328 e. The molecular formula is C24H32N2O4S. The summed E-state index contributed by atoms with van der Waals surface area (Å²) in [6.45, 7) is 5.15. The van der Waals surface area contributed by atoms with Crippen LogP contribution < -0.4 is 14.8 Å². The van der Waals surface area contributed by atoms with Crippen molar-refractivity contribution in [2.75, 3.05) is 50.7 Å². The molecular weight excluding hydrogens is 412 g/mol. The van der Waals surface area contributed by atoms with Crippen LogP contribution in [0.25, 0.3) is 0 Å². The summed E-state index contributed by atoms with van der Waals surface area (Å²) in [5, 5.41) is 3.34. The first-order valence-electron chi connectivity index (χ1n) is 10.7. The van der Waals surface area contributed by atoms with Crippen molar-refractivity contribution in [1.82, 2.24) is 4.90 Å². The minimum atomic E-state index is -0.560. The number of thioether (sulfide) groups is 1. The minimum Gasteiger partial charge on any atom is -0.494 e. The van der Waals surface area contributed by atoms with Crippen LogP contribution in [0.5, 0.6) is 11.5 Å². The van der Waals surface area contributed by atoms with Crippen molar-refractivity contribution < 1.29 is 19.0 Å². The van der Waals surface area contributed by atoms with Gasteiger partial charge in [0.25, 0.3) is 0 Å². The molecule has 1 heterocycles. The number of carbonyl (C=O) groups excluding carboxylic acids is 1. The number of carbonyl (C=O) groups is 1. The molecule has 0 radical (unpaired) electrons. The number of ether oxygens (including phenoxy) is 3. The molecule has 0 aliphatic carbocycles. The largest absolute Gasteiger partial charge is 0.494 e. The van der Waals surface area contributed by atoms with Gasteiger partial charge in [0.1, 0.15) is 23.2 Å². The van der Waals surface area contributed by atoms with Gasteiger partial charge >= 0.3 is 5.97 Å². The molecule has 1 saturated heterocycles. The topological polar surface area (TPSA) is 60.0 Å². The van der Waals surface area contributed by atoms with Crippen LogP contribution in [-0.2, 0) is 22.5 Å². The Bertz CT molecular complexity index is 816. The standard InChI is InChI=1S/C24H32N2O4S/c1-4-30-24(27)20(14-18-8-6-5-7-9-18)25-23-21(28-2)15-19(16-22(23)29-3)17-26-10-12-31-13-11-26/h5-9,15-16,20,25H,4,10-14,17H2,1-3H3/t20-/m0/s1. The molecule has 2 aromatic rings. The number of nitrogens with zero attached hydrogens (tertiary/aromatic N) is 1. The summed E-state index contributed by atoms with van der Waals surface area (Å²) in [5.74, 6) is 3.33. The van der Waals surface area contributed by atoms with Gasteiger partial charge in [0.2, 0.25) is 0 Å². The van der Waals surface area contributed by atoms with Crippen molar-refractivity contribution in [2.45, 2.75) is 25.9 Å². The molecule has 0 bridgehead atoms. The van der Waals surface area contributed by atoms with Crippen molar-refractivity contribution in [1.29, 1.82) is 0 Å². The number of benzene rings is 2. The second-order valence-corrected chi connectivity index (χ2v) is 8.63. The minimum absolute atomic E-state index is 0.301. The normalized spacial score (nSPS) is 15.2. The van der Waals surface area contributed by atoms with Crippen molar-refractivity contribution >= 4 is 23.4 Å². The van der Waals surface area contributed by atoms with Gasteiger partial charge in [-0.2, -0.15) is 11.8 Å². The van der Waals surface area contributed by atoms with E-state index >= 15 is 0 Å². The fraction of sp³-hybridized carbons (Fsp3) is 0.458. The van der Waals surface area contributed by atoms with Crippen LogP contribution in [0.3, 0.4) is 0 Å². The molecule has 0 spiro atoms. The van der Waals surface area contributed by atoms with E-state index in [4.69, 9.17) is 14.2 Å². The molecule has 0 saturated carbocycles. The molecule has 0 unspecified atom stereocenters. The fourth-order valence-corrected chi connectivity index (χ4v) is 4.66. The van der Waals surface area contributed by atoms with Gasteiger partial charge in [0, 0.05) is 37.6 Å². The first-order valence-corrected chi connectivity index (χ1v) is 11.8. The lowest BCUT2D eigenvalue weighted by molar-refractivity contribution is -0.144. The summed E-state index contributed by atoms with van der Waals surface area (Å²) in [7, 11) is 3.27. The first kappa shape index (κ1) is 23.3. The summed E-state index contributed by atoms with van der Waals surface area (Å²) in [5.41, 5.74) is 2.84. The highest BCUT2D eigenvalue weighted by molar-refractivity contribution is 7.99.